The predicted octanol–water partition coefficient (Wildman–Crippen LogP) is 0.886. The minimum Gasteiger partial charge on any atom is -0.497 e. The van der Waals surface area contributed by atoms with Crippen LogP contribution in [-0.4, -0.2) is 19.3 Å². The number of rotatable bonds is 1. The summed E-state index contributed by atoms with van der Waals surface area (Å²) < 4.78 is 4.91. The smallest absolute Gasteiger partial charge is 0.119 e. The van der Waals surface area contributed by atoms with E-state index in [0.29, 0.717) is 0 Å². The fourth-order valence-electron chi connectivity index (χ4n) is 0.604. The van der Waals surface area contributed by atoms with Crippen molar-refractivity contribution in [2.24, 2.45) is 0 Å². The first kappa shape index (κ1) is 9.78. The van der Waals surface area contributed by atoms with Gasteiger partial charge in [0.2, 0.25) is 0 Å². The van der Waals surface area contributed by atoms with Gasteiger partial charge in [-0.15, -0.1) is 0 Å². The van der Waals surface area contributed by atoms with Crippen LogP contribution in [-0.2, 0) is 0 Å². The van der Waals surface area contributed by atoms with Crippen LogP contribution in [0.25, 0.3) is 0 Å². The molecular formula is C8H13NO2. The first-order valence-electron chi connectivity index (χ1n) is 3.17. The van der Waals surface area contributed by atoms with E-state index in [1.807, 2.05) is 12.1 Å². The van der Waals surface area contributed by atoms with E-state index in [2.05, 4.69) is 0 Å². The lowest BCUT2D eigenvalue weighted by Gasteiger charge is -1.97. The van der Waals surface area contributed by atoms with Crippen molar-refractivity contribution in [1.82, 2.24) is 0 Å². The van der Waals surface area contributed by atoms with E-state index in [0.717, 1.165) is 18.5 Å². The molecule has 0 bridgehead atoms. The quantitative estimate of drug-likeness (QED) is 0.592. The van der Waals surface area contributed by atoms with Gasteiger partial charge < -0.3 is 15.6 Å². The number of hydrogen-bond donors (Lipinski definition) is 2. The zero-order valence-electron chi connectivity index (χ0n) is 6.74. The number of aliphatic hydroxyl groups is 1. The summed E-state index contributed by atoms with van der Waals surface area (Å²) in [5, 5.41) is 7.00. The van der Waals surface area contributed by atoms with Crippen LogP contribution in [0, 0.1) is 0 Å². The molecule has 0 fully saturated rings. The van der Waals surface area contributed by atoms with Crippen LogP contribution in [0.15, 0.2) is 24.3 Å². The van der Waals surface area contributed by atoms with E-state index in [1.54, 1.807) is 19.2 Å². The second kappa shape index (κ2) is 5.56. The molecular weight excluding hydrogens is 142 g/mol. The van der Waals surface area contributed by atoms with Crippen molar-refractivity contribution in [2.45, 2.75) is 0 Å². The monoisotopic (exact) mass is 155 g/mol. The van der Waals surface area contributed by atoms with E-state index in [-0.39, 0.29) is 0 Å². The molecule has 0 heterocycles. The number of anilines is 1. The average molecular weight is 155 g/mol. The third-order valence-electron chi connectivity index (χ3n) is 1.12. The van der Waals surface area contributed by atoms with Crippen LogP contribution in [0.3, 0.4) is 0 Å². The van der Waals surface area contributed by atoms with Gasteiger partial charge in [-0.3, -0.25) is 0 Å². The highest BCUT2D eigenvalue weighted by Gasteiger charge is 1.85. The van der Waals surface area contributed by atoms with Gasteiger partial charge in [0.25, 0.3) is 0 Å². The van der Waals surface area contributed by atoms with Crippen LogP contribution in [0.2, 0.25) is 0 Å². The van der Waals surface area contributed by atoms with Crippen LogP contribution in [0.4, 0.5) is 5.69 Å². The highest BCUT2D eigenvalue weighted by Crippen LogP contribution is 2.11. The maximum absolute atomic E-state index is 7.00. The summed E-state index contributed by atoms with van der Waals surface area (Å²) in [6.45, 7) is 0. The largest absolute Gasteiger partial charge is 0.497 e. The number of methoxy groups -OCH3 is 1. The molecule has 0 aliphatic heterocycles. The highest BCUT2D eigenvalue weighted by molar-refractivity contribution is 5.41. The Morgan fingerprint density at radius 2 is 1.64 bits per heavy atom. The topological polar surface area (TPSA) is 55.5 Å². The average Bonchev–Trinajstić information content (AvgIpc) is 2.10. The summed E-state index contributed by atoms with van der Waals surface area (Å²) in [4.78, 5) is 0. The van der Waals surface area contributed by atoms with Gasteiger partial charge in [-0.2, -0.15) is 0 Å². The number of hydrogen-bond acceptors (Lipinski definition) is 3. The van der Waals surface area contributed by atoms with Gasteiger partial charge in [-0.1, -0.05) is 0 Å². The molecule has 0 aliphatic carbocycles. The van der Waals surface area contributed by atoms with Crippen LogP contribution < -0.4 is 10.5 Å². The van der Waals surface area contributed by atoms with Crippen molar-refractivity contribution in [2.75, 3.05) is 20.0 Å². The Morgan fingerprint density at radius 3 is 2.00 bits per heavy atom. The Balaban J connectivity index is 0.000000461. The number of benzene rings is 1. The summed E-state index contributed by atoms with van der Waals surface area (Å²) in [5.74, 6) is 0.837. The number of aliphatic hydroxyl groups excluding tert-OH is 1. The van der Waals surface area contributed by atoms with E-state index < -0.39 is 0 Å². The van der Waals surface area contributed by atoms with Gasteiger partial charge in [-0.25, -0.2) is 0 Å². The van der Waals surface area contributed by atoms with Crippen LogP contribution >= 0.6 is 0 Å². The van der Waals surface area contributed by atoms with Gasteiger partial charge in [0.1, 0.15) is 5.75 Å². The summed E-state index contributed by atoms with van der Waals surface area (Å²) >= 11 is 0. The zero-order valence-corrected chi connectivity index (χ0v) is 6.74. The molecule has 0 amide bonds. The van der Waals surface area contributed by atoms with Crippen molar-refractivity contribution in [1.29, 1.82) is 0 Å². The lowest BCUT2D eigenvalue weighted by molar-refractivity contribution is 0.399. The van der Waals surface area contributed by atoms with E-state index in [1.165, 1.54) is 0 Å². The van der Waals surface area contributed by atoms with Gasteiger partial charge in [-0.05, 0) is 24.3 Å². The molecule has 3 N–H and O–H groups in total. The maximum atomic E-state index is 7.00. The summed E-state index contributed by atoms with van der Waals surface area (Å²) in [5.41, 5.74) is 6.19. The molecule has 0 radical (unpaired) electrons. The lowest BCUT2D eigenvalue weighted by atomic mass is 10.3. The molecule has 1 rings (SSSR count). The molecule has 62 valence electrons. The van der Waals surface area contributed by atoms with E-state index >= 15 is 0 Å². The molecule has 1 aromatic rings. The van der Waals surface area contributed by atoms with Crippen molar-refractivity contribution in [3.05, 3.63) is 24.3 Å². The maximum Gasteiger partial charge on any atom is 0.119 e. The van der Waals surface area contributed by atoms with Gasteiger partial charge in [0.05, 0.1) is 7.11 Å². The summed E-state index contributed by atoms with van der Waals surface area (Å²) in [6, 6.07) is 7.27. The third-order valence-corrected chi connectivity index (χ3v) is 1.12. The Bertz CT molecular complexity index is 184. The molecule has 0 saturated carbocycles. The molecule has 0 spiro atoms. The predicted molar refractivity (Wildman–Crippen MR) is 45.5 cm³/mol. The lowest BCUT2D eigenvalue weighted by Crippen LogP contribution is -1.84. The van der Waals surface area contributed by atoms with Gasteiger partial charge >= 0.3 is 0 Å². The Morgan fingerprint density at radius 1 is 1.18 bits per heavy atom. The Hall–Kier alpha value is -1.22. The fraction of sp³-hybridized carbons (Fsp3) is 0.250. The molecule has 11 heavy (non-hydrogen) atoms. The van der Waals surface area contributed by atoms with Gasteiger partial charge in [0, 0.05) is 12.8 Å². The standard InChI is InChI=1S/C7H9NO.CH4O/c1-9-7-4-2-6(8)3-5-7;1-2/h2-5H,8H2,1H3;2H,1H3. The summed E-state index contributed by atoms with van der Waals surface area (Å²) in [6.07, 6.45) is 0. The second-order valence-electron chi connectivity index (χ2n) is 1.77. The molecule has 0 aliphatic rings. The minimum absolute atomic E-state index is 0.760. The highest BCUT2D eigenvalue weighted by atomic mass is 16.5. The van der Waals surface area contributed by atoms with Crippen molar-refractivity contribution in [3.8, 4) is 5.75 Å². The molecule has 0 unspecified atom stereocenters. The molecule has 0 atom stereocenters. The van der Waals surface area contributed by atoms with Crippen molar-refractivity contribution < 1.29 is 9.84 Å². The normalized spacial score (nSPS) is 7.91. The molecule has 3 nitrogen and oxygen atoms in total. The molecule has 0 saturated heterocycles. The first-order chi connectivity index (χ1) is 5.33. The molecule has 1 aromatic carbocycles. The fourth-order valence-corrected chi connectivity index (χ4v) is 0.604. The summed E-state index contributed by atoms with van der Waals surface area (Å²) in [7, 11) is 2.63. The van der Waals surface area contributed by atoms with Crippen molar-refractivity contribution >= 4 is 5.69 Å². The van der Waals surface area contributed by atoms with Crippen molar-refractivity contribution in [3.63, 3.8) is 0 Å². The third kappa shape index (κ3) is 3.47. The SMILES string of the molecule is CO.COc1ccc(N)cc1. The first-order valence-corrected chi connectivity index (χ1v) is 3.17. The molecule has 0 aromatic heterocycles. The Labute approximate surface area is 66.4 Å². The Kier molecular flexibility index (Phi) is 4.94. The number of nitrogens with two attached hydrogens (primary N) is 1. The second-order valence-corrected chi connectivity index (χ2v) is 1.77. The van der Waals surface area contributed by atoms with Crippen LogP contribution in [0.1, 0.15) is 0 Å². The minimum atomic E-state index is 0.760. The molecule has 3 heteroatoms. The van der Waals surface area contributed by atoms with Gasteiger partial charge in [0.15, 0.2) is 0 Å². The van der Waals surface area contributed by atoms with E-state index in [4.69, 9.17) is 15.6 Å². The number of ether oxygens (including phenoxy) is 1. The van der Waals surface area contributed by atoms with Crippen LogP contribution in [0.5, 0.6) is 5.75 Å². The number of nitrogen functional groups attached to an aromatic ring is 1. The van der Waals surface area contributed by atoms with E-state index in [9.17, 15) is 0 Å². The zero-order chi connectivity index (χ0) is 8.69.